The zero-order valence-electron chi connectivity index (χ0n) is 15.9. The quantitative estimate of drug-likeness (QED) is 0.689. The molecule has 0 radical (unpaired) electrons. The Hall–Kier alpha value is -1.79. The highest BCUT2D eigenvalue weighted by molar-refractivity contribution is 7.78. The van der Waals surface area contributed by atoms with E-state index in [2.05, 4.69) is 41.3 Å². The first kappa shape index (κ1) is 17.3. The van der Waals surface area contributed by atoms with E-state index in [0.29, 0.717) is 5.92 Å². The molecule has 0 aromatic carbocycles. The second kappa shape index (κ2) is 6.99. The van der Waals surface area contributed by atoms with Crippen molar-refractivity contribution in [3.05, 3.63) is 36.4 Å². The van der Waals surface area contributed by atoms with E-state index >= 15 is 0 Å². The SMILES string of the molecule is Cn1cc(-c2cn(S)c3ncc(C4CCC(N5CCCC5)CC4)cc23)cn1. The molecule has 0 atom stereocenters. The lowest BCUT2D eigenvalue weighted by atomic mass is 9.81. The Kier molecular flexibility index (Phi) is 4.48. The first-order valence-corrected chi connectivity index (χ1v) is 10.5. The Bertz CT molecular complexity index is 945. The predicted molar refractivity (Wildman–Crippen MR) is 112 cm³/mol. The molecule has 3 aromatic rings. The third kappa shape index (κ3) is 3.19. The molecule has 27 heavy (non-hydrogen) atoms. The molecular weight excluding hydrogens is 354 g/mol. The summed E-state index contributed by atoms with van der Waals surface area (Å²) >= 11 is 4.57. The normalized spacial score (nSPS) is 24.1. The summed E-state index contributed by atoms with van der Waals surface area (Å²) in [6.07, 6.45) is 16.1. The Morgan fingerprint density at radius 1 is 1.04 bits per heavy atom. The van der Waals surface area contributed by atoms with Crippen LogP contribution in [0.3, 0.4) is 0 Å². The van der Waals surface area contributed by atoms with Gasteiger partial charge in [0.05, 0.1) is 6.20 Å². The Balaban J connectivity index is 1.41. The van der Waals surface area contributed by atoms with Gasteiger partial charge in [-0.3, -0.25) is 8.65 Å². The van der Waals surface area contributed by atoms with Crippen molar-refractivity contribution in [1.29, 1.82) is 0 Å². The highest BCUT2D eigenvalue weighted by Gasteiger charge is 2.28. The van der Waals surface area contributed by atoms with Gasteiger partial charge in [-0.15, -0.1) is 0 Å². The molecule has 5 rings (SSSR count). The Labute approximate surface area is 165 Å². The van der Waals surface area contributed by atoms with Crippen LogP contribution in [0.5, 0.6) is 0 Å². The largest absolute Gasteiger partial charge is 0.300 e. The van der Waals surface area contributed by atoms with E-state index in [1.165, 1.54) is 62.6 Å². The molecule has 3 aromatic heterocycles. The standard InChI is InChI=1S/C21H27N5S/c1-24-13-17(12-23-24)20-14-26(27)21-19(20)10-16(11-22-21)15-4-6-18(7-5-15)25-8-2-3-9-25/h10-15,18,27H,2-9H2,1H3. The van der Waals surface area contributed by atoms with Crippen LogP contribution in [0.4, 0.5) is 0 Å². The summed E-state index contributed by atoms with van der Waals surface area (Å²) in [6.45, 7) is 2.62. The van der Waals surface area contributed by atoms with Gasteiger partial charge in [0.25, 0.3) is 0 Å². The van der Waals surface area contributed by atoms with Crippen molar-refractivity contribution in [1.82, 2.24) is 23.6 Å². The highest BCUT2D eigenvalue weighted by atomic mass is 32.1. The maximum absolute atomic E-state index is 4.75. The summed E-state index contributed by atoms with van der Waals surface area (Å²) in [4.78, 5) is 7.48. The van der Waals surface area contributed by atoms with Crippen molar-refractivity contribution in [3.8, 4) is 11.1 Å². The molecule has 142 valence electrons. The lowest BCUT2D eigenvalue weighted by Crippen LogP contribution is -2.35. The van der Waals surface area contributed by atoms with Gasteiger partial charge in [0, 0.05) is 48.2 Å². The summed E-state index contributed by atoms with van der Waals surface area (Å²) < 4.78 is 3.67. The zero-order chi connectivity index (χ0) is 18.4. The van der Waals surface area contributed by atoms with Gasteiger partial charge in [0.1, 0.15) is 5.65 Å². The lowest BCUT2D eigenvalue weighted by molar-refractivity contribution is 0.182. The minimum Gasteiger partial charge on any atom is -0.300 e. The fraction of sp³-hybridized carbons (Fsp3) is 0.524. The number of rotatable bonds is 3. The zero-order valence-corrected chi connectivity index (χ0v) is 16.8. The number of aromatic nitrogens is 4. The fourth-order valence-electron chi connectivity index (χ4n) is 5.00. The van der Waals surface area contributed by atoms with Crippen molar-refractivity contribution < 1.29 is 0 Å². The molecule has 1 aliphatic heterocycles. The topological polar surface area (TPSA) is 38.9 Å². The molecule has 0 N–H and O–H groups in total. The number of thiol groups is 1. The number of hydrogen-bond acceptors (Lipinski definition) is 4. The van der Waals surface area contributed by atoms with Gasteiger partial charge in [0.15, 0.2) is 0 Å². The van der Waals surface area contributed by atoms with Crippen molar-refractivity contribution in [2.75, 3.05) is 13.1 Å². The number of nitrogens with zero attached hydrogens (tertiary/aromatic N) is 5. The van der Waals surface area contributed by atoms with Crippen LogP contribution in [-0.4, -0.2) is 42.8 Å². The minimum atomic E-state index is 0.630. The van der Waals surface area contributed by atoms with E-state index in [-0.39, 0.29) is 0 Å². The van der Waals surface area contributed by atoms with E-state index in [1.807, 2.05) is 28.1 Å². The van der Waals surface area contributed by atoms with Crippen LogP contribution in [0.1, 0.15) is 50.0 Å². The van der Waals surface area contributed by atoms with Gasteiger partial charge in [-0.2, -0.15) is 5.10 Å². The van der Waals surface area contributed by atoms with Gasteiger partial charge >= 0.3 is 0 Å². The minimum absolute atomic E-state index is 0.630. The monoisotopic (exact) mass is 381 g/mol. The lowest BCUT2D eigenvalue weighted by Gasteiger charge is -2.34. The third-order valence-electron chi connectivity index (χ3n) is 6.49. The molecular formula is C21H27N5S. The van der Waals surface area contributed by atoms with Gasteiger partial charge in [-0.05, 0) is 69.2 Å². The van der Waals surface area contributed by atoms with Crippen LogP contribution >= 0.6 is 12.8 Å². The van der Waals surface area contributed by atoms with Crippen molar-refractivity contribution in [2.24, 2.45) is 7.05 Å². The molecule has 1 saturated carbocycles. The van der Waals surface area contributed by atoms with Gasteiger partial charge in [0.2, 0.25) is 0 Å². The molecule has 1 aliphatic carbocycles. The molecule has 0 amide bonds. The average molecular weight is 382 g/mol. The molecule has 4 heterocycles. The van der Waals surface area contributed by atoms with Crippen LogP contribution in [0.2, 0.25) is 0 Å². The fourth-order valence-corrected chi connectivity index (χ4v) is 5.28. The summed E-state index contributed by atoms with van der Waals surface area (Å²) in [5.41, 5.74) is 4.58. The Morgan fingerprint density at radius 2 is 1.81 bits per heavy atom. The maximum Gasteiger partial charge on any atom is 0.150 e. The molecule has 2 aliphatic rings. The van der Waals surface area contributed by atoms with Gasteiger partial charge < -0.3 is 4.90 Å². The number of pyridine rings is 1. The molecule has 1 saturated heterocycles. The van der Waals surface area contributed by atoms with Gasteiger partial charge in [-0.25, -0.2) is 4.98 Å². The van der Waals surface area contributed by atoms with Crippen molar-refractivity contribution in [2.45, 2.75) is 50.5 Å². The molecule has 0 unspecified atom stereocenters. The smallest absolute Gasteiger partial charge is 0.150 e. The predicted octanol–water partition coefficient (Wildman–Crippen LogP) is 4.25. The summed E-state index contributed by atoms with van der Waals surface area (Å²) in [6, 6.07) is 3.16. The molecule has 2 fully saturated rings. The van der Waals surface area contributed by atoms with Crippen LogP contribution in [-0.2, 0) is 7.05 Å². The van der Waals surface area contributed by atoms with Crippen LogP contribution in [0, 0.1) is 0 Å². The molecule has 5 nitrogen and oxygen atoms in total. The van der Waals surface area contributed by atoms with Crippen LogP contribution < -0.4 is 0 Å². The van der Waals surface area contributed by atoms with E-state index in [0.717, 1.165) is 22.8 Å². The molecule has 0 bridgehead atoms. The highest BCUT2D eigenvalue weighted by Crippen LogP contribution is 2.38. The van der Waals surface area contributed by atoms with Crippen molar-refractivity contribution in [3.63, 3.8) is 0 Å². The van der Waals surface area contributed by atoms with E-state index in [1.54, 1.807) is 0 Å². The first-order chi connectivity index (χ1) is 13.2. The number of hydrogen-bond donors (Lipinski definition) is 1. The third-order valence-corrected chi connectivity index (χ3v) is 6.79. The van der Waals surface area contributed by atoms with E-state index in [9.17, 15) is 0 Å². The first-order valence-electron chi connectivity index (χ1n) is 10.1. The second-order valence-corrected chi connectivity index (χ2v) is 8.61. The number of likely N-dealkylation sites (tertiary alicyclic amines) is 1. The molecule has 6 heteroatoms. The summed E-state index contributed by atoms with van der Waals surface area (Å²) in [7, 11) is 1.95. The van der Waals surface area contributed by atoms with E-state index in [4.69, 9.17) is 4.98 Å². The van der Waals surface area contributed by atoms with Crippen molar-refractivity contribution >= 4 is 23.8 Å². The maximum atomic E-state index is 4.75. The summed E-state index contributed by atoms with van der Waals surface area (Å²) in [5.74, 6) is 0.630. The number of aryl methyl sites for hydroxylation is 1. The Morgan fingerprint density at radius 3 is 2.52 bits per heavy atom. The van der Waals surface area contributed by atoms with E-state index < -0.39 is 0 Å². The second-order valence-electron chi connectivity index (χ2n) is 8.18. The summed E-state index contributed by atoms with van der Waals surface area (Å²) in [5, 5.41) is 5.50. The van der Waals surface area contributed by atoms with Crippen LogP contribution in [0.25, 0.3) is 22.2 Å². The number of fused-ring (bicyclic) bond motifs is 1. The van der Waals surface area contributed by atoms with Crippen LogP contribution in [0.15, 0.2) is 30.9 Å². The molecule has 0 spiro atoms. The average Bonchev–Trinajstić information content (AvgIpc) is 3.43. The van der Waals surface area contributed by atoms with Gasteiger partial charge in [-0.1, -0.05) is 12.8 Å².